The summed E-state index contributed by atoms with van der Waals surface area (Å²) >= 11 is 0. The van der Waals surface area contributed by atoms with Crippen LogP contribution < -0.4 is 0 Å². The molecule has 142 valence electrons. The molecule has 2 aromatic carbocycles. The average Bonchev–Trinajstić information content (AvgIpc) is 2.90. The highest BCUT2D eigenvalue weighted by atomic mass is 19.1. The van der Waals surface area contributed by atoms with E-state index in [0.29, 0.717) is 11.1 Å². The molecule has 0 spiro atoms. The van der Waals surface area contributed by atoms with Crippen LogP contribution in [0.4, 0.5) is 4.39 Å². The van der Waals surface area contributed by atoms with Gasteiger partial charge < -0.3 is 14.2 Å². The van der Waals surface area contributed by atoms with Crippen LogP contribution in [0.5, 0.6) is 0 Å². The van der Waals surface area contributed by atoms with Crippen LogP contribution >= 0.6 is 0 Å². The average molecular weight is 372 g/mol. The van der Waals surface area contributed by atoms with Gasteiger partial charge in [0.2, 0.25) is 0 Å². The van der Waals surface area contributed by atoms with Gasteiger partial charge in [-0.3, -0.25) is 0 Å². The Hall–Kier alpha value is -2.73. The first-order chi connectivity index (χ1) is 12.9. The molecule has 0 bridgehead atoms. The molecule has 4 atom stereocenters. The minimum absolute atomic E-state index is 0.218. The fourth-order valence-electron chi connectivity index (χ4n) is 2.95. The number of hydrogen-bond acceptors (Lipinski definition) is 5. The maximum Gasteiger partial charge on any atom is 0.338 e. The Balaban J connectivity index is 1.69. The number of carbonyl (C=O) groups is 2. The van der Waals surface area contributed by atoms with Gasteiger partial charge in [-0.1, -0.05) is 36.4 Å². The number of esters is 2. The molecule has 1 unspecified atom stereocenters. The fourth-order valence-corrected chi connectivity index (χ4v) is 2.95. The summed E-state index contributed by atoms with van der Waals surface area (Å²) in [5.74, 6) is -1.20. The molecule has 0 saturated carbocycles. The first-order valence-corrected chi connectivity index (χ1v) is 8.72. The van der Waals surface area contributed by atoms with Gasteiger partial charge in [0.25, 0.3) is 0 Å². The number of alkyl halides is 1. The van der Waals surface area contributed by atoms with Gasteiger partial charge in [-0.25, -0.2) is 14.0 Å². The Kier molecular flexibility index (Phi) is 5.56. The molecular formula is C21H21FO5. The SMILES string of the molecule is CC1O[C@H](COC(=O)c2ccccc2)[C@@H](OC(=O)c2ccccc2)[C@@]1(C)F. The molecule has 1 aliphatic heterocycles. The lowest BCUT2D eigenvalue weighted by Crippen LogP contribution is -2.44. The van der Waals surface area contributed by atoms with Crippen molar-refractivity contribution >= 4 is 11.9 Å². The van der Waals surface area contributed by atoms with E-state index < -0.39 is 35.9 Å². The third-order valence-electron chi connectivity index (χ3n) is 4.70. The summed E-state index contributed by atoms with van der Waals surface area (Å²) in [4.78, 5) is 24.5. The fraction of sp³-hybridized carbons (Fsp3) is 0.333. The lowest BCUT2D eigenvalue weighted by Gasteiger charge is -2.26. The second kappa shape index (κ2) is 7.88. The number of hydrogen-bond donors (Lipinski definition) is 0. The molecule has 3 rings (SSSR count). The predicted molar refractivity (Wildman–Crippen MR) is 96.2 cm³/mol. The summed E-state index contributed by atoms with van der Waals surface area (Å²) in [6, 6.07) is 16.8. The molecule has 1 fully saturated rings. The first kappa shape index (κ1) is 19.0. The van der Waals surface area contributed by atoms with Gasteiger partial charge >= 0.3 is 11.9 Å². The van der Waals surface area contributed by atoms with Crippen molar-refractivity contribution in [3.05, 3.63) is 71.8 Å². The Morgan fingerprint density at radius 2 is 1.52 bits per heavy atom. The Morgan fingerprint density at radius 3 is 2.07 bits per heavy atom. The summed E-state index contributed by atoms with van der Waals surface area (Å²) in [5, 5.41) is 0. The number of ether oxygens (including phenoxy) is 3. The molecule has 6 heteroatoms. The second-order valence-corrected chi connectivity index (χ2v) is 6.62. The highest BCUT2D eigenvalue weighted by molar-refractivity contribution is 5.90. The lowest BCUT2D eigenvalue weighted by atomic mass is 9.95. The molecule has 2 aromatic rings. The molecule has 0 radical (unpaired) electrons. The van der Waals surface area contributed by atoms with Crippen LogP contribution in [0, 0.1) is 0 Å². The molecule has 1 heterocycles. The summed E-state index contributed by atoms with van der Waals surface area (Å²) in [7, 11) is 0. The quantitative estimate of drug-likeness (QED) is 0.751. The van der Waals surface area contributed by atoms with Crippen LogP contribution in [-0.2, 0) is 14.2 Å². The third kappa shape index (κ3) is 4.17. The summed E-state index contributed by atoms with van der Waals surface area (Å²) in [6.07, 6.45) is -2.90. The maximum atomic E-state index is 15.1. The lowest BCUT2D eigenvalue weighted by molar-refractivity contribution is -0.0435. The summed E-state index contributed by atoms with van der Waals surface area (Å²) in [5.41, 5.74) is -1.22. The summed E-state index contributed by atoms with van der Waals surface area (Å²) < 4.78 is 31.3. The standard InChI is InChI=1S/C21H21FO5/c1-14-21(2,22)18(27-20(24)16-11-7-4-8-12-16)17(26-14)13-25-19(23)15-9-5-3-6-10-15/h3-12,14,17-18H,13H2,1-2H3/t14?,17-,18-,21+/m1/s1. The number of benzene rings is 2. The van der Waals surface area contributed by atoms with E-state index in [2.05, 4.69) is 0 Å². The molecule has 0 amide bonds. The van der Waals surface area contributed by atoms with Gasteiger partial charge in [-0.15, -0.1) is 0 Å². The van der Waals surface area contributed by atoms with E-state index in [1.807, 2.05) is 0 Å². The highest BCUT2D eigenvalue weighted by Crippen LogP contribution is 2.37. The zero-order valence-electron chi connectivity index (χ0n) is 15.1. The Morgan fingerprint density at radius 1 is 1.00 bits per heavy atom. The van der Waals surface area contributed by atoms with E-state index in [9.17, 15) is 9.59 Å². The van der Waals surface area contributed by atoms with Crippen LogP contribution in [0.2, 0.25) is 0 Å². The molecule has 0 N–H and O–H groups in total. The van der Waals surface area contributed by atoms with Gasteiger partial charge in [0.15, 0.2) is 11.8 Å². The molecule has 1 saturated heterocycles. The number of carbonyl (C=O) groups excluding carboxylic acids is 2. The number of rotatable bonds is 5. The van der Waals surface area contributed by atoms with Gasteiger partial charge in [0.05, 0.1) is 17.2 Å². The van der Waals surface area contributed by atoms with Crippen molar-refractivity contribution in [2.24, 2.45) is 0 Å². The first-order valence-electron chi connectivity index (χ1n) is 8.72. The van der Waals surface area contributed by atoms with Crippen molar-refractivity contribution in [3.8, 4) is 0 Å². The molecule has 1 aliphatic rings. The summed E-state index contributed by atoms with van der Waals surface area (Å²) in [6.45, 7) is 2.66. The molecule has 27 heavy (non-hydrogen) atoms. The highest BCUT2D eigenvalue weighted by Gasteiger charge is 2.55. The minimum Gasteiger partial charge on any atom is -0.459 e. The van der Waals surface area contributed by atoms with Gasteiger partial charge in [-0.05, 0) is 38.1 Å². The van der Waals surface area contributed by atoms with E-state index >= 15 is 4.39 Å². The van der Waals surface area contributed by atoms with Crippen LogP contribution in [0.1, 0.15) is 34.6 Å². The van der Waals surface area contributed by atoms with E-state index in [-0.39, 0.29) is 6.61 Å². The van der Waals surface area contributed by atoms with Crippen molar-refractivity contribution in [2.45, 2.75) is 37.8 Å². The van der Waals surface area contributed by atoms with Gasteiger partial charge in [0.1, 0.15) is 12.7 Å². The van der Waals surface area contributed by atoms with E-state index in [1.54, 1.807) is 67.6 Å². The zero-order valence-corrected chi connectivity index (χ0v) is 15.1. The predicted octanol–water partition coefficient (Wildman–Crippen LogP) is 3.58. The monoisotopic (exact) mass is 372 g/mol. The molecular weight excluding hydrogens is 351 g/mol. The van der Waals surface area contributed by atoms with Crippen molar-refractivity contribution in [2.75, 3.05) is 6.61 Å². The minimum atomic E-state index is -1.91. The van der Waals surface area contributed by atoms with Crippen molar-refractivity contribution < 1.29 is 28.2 Å². The van der Waals surface area contributed by atoms with Crippen molar-refractivity contribution in [1.29, 1.82) is 0 Å². The second-order valence-electron chi connectivity index (χ2n) is 6.62. The maximum absolute atomic E-state index is 15.1. The van der Waals surface area contributed by atoms with E-state index in [4.69, 9.17) is 14.2 Å². The van der Waals surface area contributed by atoms with Gasteiger partial charge in [-0.2, -0.15) is 0 Å². The van der Waals surface area contributed by atoms with Crippen LogP contribution in [0.3, 0.4) is 0 Å². The van der Waals surface area contributed by atoms with Crippen LogP contribution in [-0.4, -0.2) is 42.5 Å². The molecule has 5 nitrogen and oxygen atoms in total. The van der Waals surface area contributed by atoms with Crippen LogP contribution in [0.25, 0.3) is 0 Å². The smallest absolute Gasteiger partial charge is 0.338 e. The van der Waals surface area contributed by atoms with Crippen LogP contribution in [0.15, 0.2) is 60.7 Å². The topological polar surface area (TPSA) is 61.8 Å². The largest absolute Gasteiger partial charge is 0.459 e. The van der Waals surface area contributed by atoms with Gasteiger partial charge in [0, 0.05) is 0 Å². The van der Waals surface area contributed by atoms with E-state index in [0.717, 1.165) is 0 Å². The zero-order chi connectivity index (χ0) is 19.4. The Bertz CT molecular complexity index is 791. The molecule has 0 aliphatic carbocycles. The van der Waals surface area contributed by atoms with E-state index in [1.165, 1.54) is 6.92 Å². The van der Waals surface area contributed by atoms with Crippen molar-refractivity contribution in [1.82, 2.24) is 0 Å². The van der Waals surface area contributed by atoms with Crippen molar-refractivity contribution in [3.63, 3.8) is 0 Å². The Labute approximate surface area is 157 Å². The molecule has 0 aromatic heterocycles. The third-order valence-corrected chi connectivity index (χ3v) is 4.70. The number of halogens is 1. The normalized spacial score (nSPS) is 27.1.